The van der Waals surface area contributed by atoms with E-state index in [4.69, 9.17) is 23.2 Å². The Labute approximate surface area is 175 Å². The lowest BCUT2D eigenvalue weighted by Crippen LogP contribution is -2.39. The van der Waals surface area contributed by atoms with Crippen LogP contribution in [-0.4, -0.2) is 71.4 Å². The maximum atomic E-state index is 12.8. The monoisotopic (exact) mass is 425 g/mol. The quantitative estimate of drug-likeness (QED) is 0.760. The number of carbonyl (C=O) groups is 2. The van der Waals surface area contributed by atoms with Crippen molar-refractivity contribution >= 4 is 35.0 Å². The minimum atomic E-state index is -0.469. The van der Waals surface area contributed by atoms with E-state index in [9.17, 15) is 14.7 Å². The van der Waals surface area contributed by atoms with Crippen molar-refractivity contribution in [2.75, 3.05) is 39.8 Å². The molecule has 0 radical (unpaired) electrons. The lowest BCUT2D eigenvalue weighted by Gasteiger charge is -2.28. The van der Waals surface area contributed by atoms with Gasteiger partial charge in [-0.1, -0.05) is 35.7 Å². The van der Waals surface area contributed by atoms with Gasteiger partial charge < -0.3 is 19.8 Å². The van der Waals surface area contributed by atoms with Crippen LogP contribution < -0.4 is 0 Å². The normalized spacial score (nSPS) is 18.1. The van der Waals surface area contributed by atoms with Crippen molar-refractivity contribution in [3.8, 4) is 0 Å². The summed E-state index contributed by atoms with van der Waals surface area (Å²) in [6.45, 7) is 3.80. The molecule has 0 aromatic heterocycles. The first-order chi connectivity index (χ1) is 13.4. The highest BCUT2D eigenvalue weighted by atomic mass is 35.5. The van der Waals surface area contributed by atoms with Gasteiger partial charge in [-0.2, -0.15) is 0 Å². The van der Waals surface area contributed by atoms with Crippen molar-refractivity contribution < 1.29 is 14.7 Å². The van der Waals surface area contributed by atoms with Gasteiger partial charge in [-0.25, -0.2) is 0 Å². The van der Waals surface area contributed by atoms with Gasteiger partial charge >= 0.3 is 0 Å². The molecule has 1 aromatic rings. The van der Waals surface area contributed by atoms with E-state index in [0.717, 1.165) is 25.2 Å². The number of likely N-dealkylation sites (N-methyl/N-ethyl adjacent to an activating group) is 1. The average Bonchev–Trinajstić information content (AvgIpc) is 2.97. The molecule has 8 heteroatoms. The molecule has 1 N–H and O–H groups in total. The zero-order chi connectivity index (χ0) is 20.3. The molecule has 0 unspecified atom stereocenters. The highest BCUT2D eigenvalue weighted by Gasteiger charge is 2.35. The first kappa shape index (κ1) is 21.0. The van der Waals surface area contributed by atoms with Crippen LogP contribution in [0.15, 0.2) is 29.5 Å². The van der Waals surface area contributed by atoms with E-state index in [1.54, 1.807) is 30.1 Å². The predicted octanol–water partition coefficient (Wildman–Crippen LogP) is 3.09. The Kier molecular flexibility index (Phi) is 6.86. The number of benzene rings is 1. The zero-order valence-corrected chi connectivity index (χ0v) is 17.5. The van der Waals surface area contributed by atoms with Crippen LogP contribution in [0.5, 0.6) is 0 Å². The molecule has 0 spiro atoms. The lowest BCUT2D eigenvalue weighted by atomic mass is 10.1. The topological polar surface area (TPSA) is 64.1 Å². The molecule has 0 bridgehead atoms. The van der Waals surface area contributed by atoms with Crippen LogP contribution in [0.1, 0.15) is 24.8 Å². The minimum Gasteiger partial charge on any atom is -0.503 e. The van der Waals surface area contributed by atoms with Crippen molar-refractivity contribution in [2.45, 2.75) is 25.8 Å². The first-order valence-electron chi connectivity index (χ1n) is 9.50. The van der Waals surface area contributed by atoms with Crippen molar-refractivity contribution in [3.05, 3.63) is 45.1 Å². The van der Waals surface area contributed by atoms with Gasteiger partial charge in [-0.15, -0.1) is 0 Å². The van der Waals surface area contributed by atoms with E-state index in [-0.39, 0.29) is 18.0 Å². The summed E-state index contributed by atoms with van der Waals surface area (Å²) in [6, 6.07) is 5.17. The molecule has 0 atom stereocenters. The van der Waals surface area contributed by atoms with Gasteiger partial charge in [0.05, 0.1) is 22.2 Å². The van der Waals surface area contributed by atoms with E-state index in [2.05, 4.69) is 4.90 Å². The highest BCUT2D eigenvalue weighted by molar-refractivity contribution is 6.42. The molecular weight excluding hydrogens is 401 g/mol. The third-order valence-electron chi connectivity index (χ3n) is 5.27. The molecular formula is C20H25Cl2N3O3. The number of rotatable bonds is 6. The highest BCUT2D eigenvalue weighted by Crippen LogP contribution is 2.24. The maximum absolute atomic E-state index is 12.8. The molecule has 6 nitrogen and oxygen atoms in total. The van der Waals surface area contributed by atoms with Crippen LogP contribution in [0, 0.1) is 0 Å². The zero-order valence-electron chi connectivity index (χ0n) is 16.0. The molecule has 28 heavy (non-hydrogen) atoms. The first-order valence-corrected chi connectivity index (χ1v) is 10.3. The summed E-state index contributed by atoms with van der Waals surface area (Å²) in [5.74, 6) is -1.27. The number of likely N-dealkylation sites (tertiary alicyclic amines) is 1. The summed E-state index contributed by atoms with van der Waals surface area (Å²) in [7, 11) is 1.63. The number of piperidine rings is 1. The third-order valence-corrected chi connectivity index (χ3v) is 6.01. The SMILES string of the molecule is CN(Cc1ccc(Cl)c(Cl)c1)C(=O)C1=C(O)C(=O)N(CCN2CCCCC2)C1. The van der Waals surface area contributed by atoms with Crippen LogP contribution >= 0.6 is 23.2 Å². The number of hydrogen-bond donors (Lipinski definition) is 1. The Balaban J connectivity index is 1.59. The minimum absolute atomic E-state index is 0.142. The third kappa shape index (κ3) is 4.80. The molecule has 1 aromatic carbocycles. The Hall–Kier alpha value is -1.76. The van der Waals surface area contributed by atoms with Crippen LogP contribution in [0.2, 0.25) is 10.0 Å². The molecule has 2 heterocycles. The number of carbonyl (C=O) groups excluding carboxylic acids is 2. The molecule has 2 amide bonds. The molecule has 0 aliphatic carbocycles. The van der Waals surface area contributed by atoms with E-state index in [1.807, 2.05) is 0 Å². The summed E-state index contributed by atoms with van der Waals surface area (Å²) < 4.78 is 0. The van der Waals surface area contributed by atoms with Gasteiger partial charge in [0.2, 0.25) is 0 Å². The number of amides is 2. The Morgan fingerprint density at radius 1 is 1.14 bits per heavy atom. The second-order valence-electron chi connectivity index (χ2n) is 7.37. The number of hydrogen-bond acceptors (Lipinski definition) is 4. The molecule has 1 fully saturated rings. The Morgan fingerprint density at radius 3 is 2.54 bits per heavy atom. The number of aliphatic hydroxyl groups is 1. The average molecular weight is 426 g/mol. The van der Waals surface area contributed by atoms with Gasteiger partial charge in [0.25, 0.3) is 11.8 Å². The summed E-state index contributed by atoms with van der Waals surface area (Å²) in [5.41, 5.74) is 0.961. The molecule has 0 saturated carbocycles. The predicted molar refractivity (Wildman–Crippen MR) is 109 cm³/mol. The fourth-order valence-electron chi connectivity index (χ4n) is 3.63. The van der Waals surface area contributed by atoms with E-state index < -0.39 is 11.7 Å². The van der Waals surface area contributed by atoms with Crippen molar-refractivity contribution in [3.63, 3.8) is 0 Å². The summed E-state index contributed by atoms with van der Waals surface area (Å²) in [4.78, 5) is 30.5. The number of aliphatic hydroxyl groups excluding tert-OH is 1. The summed E-state index contributed by atoms with van der Waals surface area (Å²) in [5, 5.41) is 11.1. The largest absolute Gasteiger partial charge is 0.503 e. The van der Waals surface area contributed by atoms with Crippen molar-refractivity contribution in [1.82, 2.24) is 14.7 Å². The number of nitrogens with zero attached hydrogens (tertiary/aromatic N) is 3. The van der Waals surface area contributed by atoms with Crippen LogP contribution in [-0.2, 0) is 16.1 Å². The summed E-state index contributed by atoms with van der Waals surface area (Å²) >= 11 is 11.9. The second-order valence-corrected chi connectivity index (χ2v) is 8.18. The van der Waals surface area contributed by atoms with Gasteiger partial charge in [0, 0.05) is 26.7 Å². The number of halogens is 2. The smallest absolute Gasteiger partial charge is 0.289 e. The maximum Gasteiger partial charge on any atom is 0.289 e. The molecule has 2 aliphatic rings. The Morgan fingerprint density at radius 2 is 1.86 bits per heavy atom. The van der Waals surface area contributed by atoms with Crippen molar-refractivity contribution in [2.24, 2.45) is 0 Å². The fourth-order valence-corrected chi connectivity index (χ4v) is 3.95. The fraction of sp³-hybridized carbons (Fsp3) is 0.500. The molecule has 3 rings (SSSR count). The van der Waals surface area contributed by atoms with E-state index >= 15 is 0 Å². The van der Waals surface area contributed by atoms with Crippen molar-refractivity contribution in [1.29, 1.82) is 0 Å². The van der Waals surface area contributed by atoms with Gasteiger partial charge in [0.15, 0.2) is 5.76 Å². The van der Waals surface area contributed by atoms with Gasteiger partial charge in [0.1, 0.15) is 0 Å². The summed E-state index contributed by atoms with van der Waals surface area (Å²) in [6.07, 6.45) is 3.62. The van der Waals surface area contributed by atoms with E-state index in [0.29, 0.717) is 23.1 Å². The van der Waals surface area contributed by atoms with Gasteiger partial charge in [-0.3, -0.25) is 9.59 Å². The van der Waals surface area contributed by atoms with Gasteiger partial charge in [-0.05, 0) is 43.6 Å². The standard InChI is InChI=1S/C20H25Cl2N3O3/c1-23(12-14-5-6-16(21)17(22)11-14)19(27)15-13-25(20(28)18(15)26)10-9-24-7-3-2-4-8-24/h5-6,11,26H,2-4,7-10,12-13H2,1H3. The van der Waals surface area contributed by atoms with Crippen LogP contribution in [0.25, 0.3) is 0 Å². The van der Waals surface area contributed by atoms with E-state index in [1.165, 1.54) is 24.2 Å². The Bertz CT molecular complexity index is 791. The molecule has 2 aliphatic heterocycles. The second kappa shape index (κ2) is 9.16. The van der Waals surface area contributed by atoms with Crippen LogP contribution in [0.4, 0.5) is 0 Å². The molecule has 152 valence electrons. The van der Waals surface area contributed by atoms with Crippen LogP contribution in [0.3, 0.4) is 0 Å². The lowest BCUT2D eigenvalue weighted by molar-refractivity contribution is -0.128. The molecule has 1 saturated heterocycles.